The van der Waals surface area contributed by atoms with Gasteiger partial charge >= 0.3 is 0 Å². The number of hydrogen-bond donors (Lipinski definition) is 2. The molecule has 1 aromatic carbocycles. The molecule has 0 aliphatic rings. The minimum Gasteiger partial charge on any atom is -0.392 e. The van der Waals surface area contributed by atoms with Crippen LogP contribution < -0.4 is 4.90 Å². The lowest BCUT2D eigenvalue weighted by atomic mass is 10.2. The highest BCUT2D eigenvalue weighted by molar-refractivity contribution is 7.85. The monoisotopic (exact) mass is 273 g/mol. The molecule has 0 aliphatic carbocycles. The predicted octanol–water partition coefficient (Wildman–Crippen LogP) is 1.15. The lowest BCUT2D eigenvalue weighted by Crippen LogP contribution is -2.29. The van der Waals surface area contributed by atoms with E-state index >= 15 is 0 Å². The highest BCUT2D eigenvalue weighted by atomic mass is 32.2. The van der Waals surface area contributed by atoms with Crippen LogP contribution in [0.15, 0.2) is 30.3 Å². The van der Waals surface area contributed by atoms with E-state index in [-0.39, 0.29) is 0 Å². The van der Waals surface area contributed by atoms with Crippen molar-refractivity contribution in [2.24, 2.45) is 0 Å². The van der Waals surface area contributed by atoms with Crippen molar-refractivity contribution in [1.82, 2.24) is 0 Å². The largest absolute Gasteiger partial charge is 0.392 e. The normalized spacial score (nSPS) is 13.3. The summed E-state index contributed by atoms with van der Waals surface area (Å²) in [5.74, 6) is -0.612. The van der Waals surface area contributed by atoms with Crippen LogP contribution >= 0.6 is 0 Å². The summed E-state index contributed by atoms with van der Waals surface area (Å²) >= 11 is 0. The summed E-state index contributed by atoms with van der Waals surface area (Å²) in [5.41, 5.74) is 1.03. The van der Waals surface area contributed by atoms with Crippen LogP contribution in [-0.4, -0.2) is 43.0 Å². The third kappa shape index (κ3) is 5.48. The molecule has 0 saturated carbocycles. The van der Waals surface area contributed by atoms with Crippen molar-refractivity contribution >= 4 is 15.8 Å². The molecule has 0 spiro atoms. The van der Waals surface area contributed by atoms with Gasteiger partial charge in [0.1, 0.15) is 5.75 Å². The summed E-state index contributed by atoms with van der Waals surface area (Å²) in [5, 5.41) is 9.51. The molecule has 0 fully saturated rings. The van der Waals surface area contributed by atoms with Gasteiger partial charge in [-0.15, -0.1) is 0 Å². The van der Waals surface area contributed by atoms with Gasteiger partial charge < -0.3 is 10.0 Å². The number of rotatable bonds is 7. The van der Waals surface area contributed by atoms with Gasteiger partial charge in [-0.25, -0.2) is 0 Å². The summed E-state index contributed by atoms with van der Waals surface area (Å²) < 4.78 is 29.8. The summed E-state index contributed by atoms with van der Waals surface area (Å²) in [6.07, 6.45) is -0.750. The van der Waals surface area contributed by atoms with Crippen molar-refractivity contribution in [3.8, 4) is 0 Å². The Kier molecular flexibility index (Phi) is 5.58. The molecule has 0 bridgehead atoms. The molecule has 1 aromatic rings. The molecule has 18 heavy (non-hydrogen) atoms. The van der Waals surface area contributed by atoms with Gasteiger partial charge in [-0.3, -0.25) is 4.55 Å². The van der Waals surface area contributed by atoms with Crippen LogP contribution in [0.5, 0.6) is 0 Å². The highest BCUT2D eigenvalue weighted by Gasteiger charge is 2.15. The van der Waals surface area contributed by atoms with Crippen LogP contribution in [0.25, 0.3) is 0 Å². The third-order valence-corrected chi connectivity index (χ3v) is 3.44. The Morgan fingerprint density at radius 3 is 2.39 bits per heavy atom. The smallest absolute Gasteiger partial charge is 0.267 e. The molecule has 1 atom stereocenters. The van der Waals surface area contributed by atoms with Gasteiger partial charge in [0.05, 0.1) is 6.10 Å². The molecule has 0 aliphatic heterocycles. The fourth-order valence-corrected chi connectivity index (χ4v) is 2.39. The van der Waals surface area contributed by atoms with Gasteiger partial charge in [-0.1, -0.05) is 18.2 Å². The molecule has 5 nitrogen and oxygen atoms in total. The second kappa shape index (κ2) is 6.72. The minimum absolute atomic E-state index is 0.294. The van der Waals surface area contributed by atoms with Crippen molar-refractivity contribution in [3.63, 3.8) is 0 Å². The van der Waals surface area contributed by atoms with Crippen LogP contribution in [0.4, 0.5) is 5.69 Å². The number of para-hydroxylation sites is 1. The second-order valence-electron chi connectivity index (χ2n) is 4.11. The molecule has 1 unspecified atom stereocenters. The molecule has 1 rings (SSSR count). The summed E-state index contributed by atoms with van der Waals surface area (Å²) in [6, 6.07) is 9.68. The number of aliphatic hydroxyl groups is 1. The van der Waals surface area contributed by atoms with E-state index in [9.17, 15) is 13.5 Å². The van der Waals surface area contributed by atoms with Gasteiger partial charge in [-0.05, 0) is 25.5 Å². The van der Waals surface area contributed by atoms with E-state index in [1.54, 1.807) is 0 Å². The van der Waals surface area contributed by atoms with Gasteiger partial charge in [0.25, 0.3) is 10.1 Å². The Balaban J connectivity index is 2.51. The van der Waals surface area contributed by atoms with E-state index in [4.69, 9.17) is 4.55 Å². The zero-order valence-electron chi connectivity index (χ0n) is 10.4. The Hall–Kier alpha value is -1.11. The second-order valence-corrected chi connectivity index (χ2v) is 5.60. The SMILES string of the molecule is CCN(CCC(O)CS(=O)(=O)O)c1ccccc1. The zero-order chi connectivity index (χ0) is 13.6. The molecule has 102 valence electrons. The van der Waals surface area contributed by atoms with Crippen molar-refractivity contribution in [2.45, 2.75) is 19.4 Å². The van der Waals surface area contributed by atoms with Crippen molar-refractivity contribution in [1.29, 1.82) is 0 Å². The number of benzene rings is 1. The van der Waals surface area contributed by atoms with E-state index in [1.807, 2.05) is 42.2 Å². The fourth-order valence-electron chi connectivity index (χ4n) is 1.74. The number of anilines is 1. The van der Waals surface area contributed by atoms with E-state index < -0.39 is 22.0 Å². The fraction of sp³-hybridized carbons (Fsp3) is 0.500. The maximum Gasteiger partial charge on any atom is 0.267 e. The number of aliphatic hydroxyl groups excluding tert-OH is 1. The van der Waals surface area contributed by atoms with E-state index in [2.05, 4.69) is 0 Å². The first kappa shape index (κ1) is 14.9. The Morgan fingerprint density at radius 1 is 1.28 bits per heavy atom. The maximum atomic E-state index is 10.6. The quantitative estimate of drug-likeness (QED) is 0.729. The van der Waals surface area contributed by atoms with Gasteiger partial charge in [-0.2, -0.15) is 8.42 Å². The van der Waals surface area contributed by atoms with Gasteiger partial charge in [0.15, 0.2) is 0 Å². The summed E-state index contributed by atoms with van der Waals surface area (Å²) in [7, 11) is -4.11. The topological polar surface area (TPSA) is 77.8 Å². The van der Waals surface area contributed by atoms with Crippen molar-refractivity contribution in [2.75, 3.05) is 23.7 Å². The average Bonchev–Trinajstić information content (AvgIpc) is 2.29. The molecule has 0 aromatic heterocycles. The van der Waals surface area contributed by atoms with E-state index in [1.165, 1.54) is 0 Å². The first-order chi connectivity index (χ1) is 8.42. The van der Waals surface area contributed by atoms with Crippen LogP contribution in [0, 0.1) is 0 Å². The van der Waals surface area contributed by atoms with Crippen LogP contribution in [0.3, 0.4) is 0 Å². The molecule has 0 radical (unpaired) electrons. The van der Waals surface area contributed by atoms with E-state index in [0.29, 0.717) is 13.0 Å². The number of hydrogen-bond acceptors (Lipinski definition) is 4. The summed E-state index contributed by atoms with van der Waals surface area (Å²) in [6.45, 7) is 3.29. The first-order valence-corrected chi connectivity index (χ1v) is 7.46. The first-order valence-electron chi connectivity index (χ1n) is 5.85. The molecular weight excluding hydrogens is 254 g/mol. The van der Waals surface area contributed by atoms with Crippen molar-refractivity contribution in [3.05, 3.63) is 30.3 Å². The molecule has 0 amide bonds. The van der Waals surface area contributed by atoms with Crippen molar-refractivity contribution < 1.29 is 18.1 Å². The highest BCUT2D eigenvalue weighted by Crippen LogP contribution is 2.13. The standard InChI is InChI=1S/C12H19NO4S/c1-2-13(11-6-4-3-5-7-11)9-8-12(14)10-18(15,16)17/h3-7,12,14H,2,8-10H2,1H3,(H,15,16,17). The maximum absolute atomic E-state index is 10.6. The van der Waals surface area contributed by atoms with Gasteiger partial charge in [0.2, 0.25) is 0 Å². The van der Waals surface area contributed by atoms with Crippen LogP contribution in [-0.2, 0) is 10.1 Å². The van der Waals surface area contributed by atoms with Crippen LogP contribution in [0.1, 0.15) is 13.3 Å². The van der Waals surface area contributed by atoms with Crippen LogP contribution in [0.2, 0.25) is 0 Å². The summed E-state index contributed by atoms with van der Waals surface area (Å²) in [4.78, 5) is 2.03. The Labute approximate surface area is 108 Å². The Morgan fingerprint density at radius 2 is 1.89 bits per heavy atom. The minimum atomic E-state index is -4.11. The predicted molar refractivity (Wildman–Crippen MR) is 71.4 cm³/mol. The van der Waals surface area contributed by atoms with E-state index in [0.717, 1.165) is 12.2 Å². The molecule has 6 heteroatoms. The lowest BCUT2D eigenvalue weighted by Gasteiger charge is -2.24. The Bertz CT molecular complexity index is 446. The number of nitrogens with zero attached hydrogens (tertiary/aromatic N) is 1. The zero-order valence-corrected chi connectivity index (χ0v) is 11.2. The lowest BCUT2D eigenvalue weighted by molar-refractivity contribution is 0.186. The molecular formula is C12H19NO4S. The average molecular weight is 273 g/mol. The molecule has 0 heterocycles. The molecule has 0 saturated heterocycles. The third-order valence-electron chi connectivity index (χ3n) is 2.64. The van der Waals surface area contributed by atoms with Gasteiger partial charge in [0, 0.05) is 18.8 Å². The molecule has 2 N–H and O–H groups in total.